The number of carboxylic acids is 1. The highest BCUT2D eigenvalue weighted by Gasteiger charge is 2.39. The number of hydrogen-bond acceptors (Lipinski definition) is 8. The predicted molar refractivity (Wildman–Crippen MR) is 170 cm³/mol. The summed E-state index contributed by atoms with van der Waals surface area (Å²) in [5.74, 6) is -1.84. The molecule has 13 heteroatoms. The van der Waals surface area contributed by atoms with Gasteiger partial charge in [-0.2, -0.15) is 0 Å². The van der Waals surface area contributed by atoms with Gasteiger partial charge in [-0.05, 0) is 37.5 Å². The van der Waals surface area contributed by atoms with Gasteiger partial charge in [0.25, 0.3) is 5.91 Å². The normalized spacial score (nSPS) is 17.4. The molecule has 2 aromatic rings. The molecule has 0 radical (unpaired) electrons. The molecular weight excluding hydrogens is 604 g/mol. The molecule has 0 spiro atoms. The summed E-state index contributed by atoms with van der Waals surface area (Å²) in [7, 11) is 2.94. The van der Waals surface area contributed by atoms with Crippen molar-refractivity contribution in [2.24, 2.45) is 0 Å². The summed E-state index contributed by atoms with van der Waals surface area (Å²) in [6.45, 7) is 7.73. The smallest absolute Gasteiger partial charge is 0.411 e. The molecule has 0 bridgehead atoms. The average Bonchev–Trinajstić information content (AvgIpc) is 3.31. The van der Waals surface area contributed by atoms with Gasteiger partial charge in [-0.15, -0.1) is 0 Å². The molecule has 3 N–H and O–H groups in total. The molecule has 2 aromatic carbocycles. The first kappa shape index (κ1) is 32.9. The van der Waals surface area contributed by atoms with Gasteiger partial charge in [-0.3, -0.25) is 24.5 Å². The minimum absolute atomic E-state index is 0.0964. The van der Waals surface area contributed by atoms with Crippen molar-refractivity contribution in [2.75, 3.05) is 18.5 Å². The number of amides is 4. The van der Waals surface area contributed by atoms with Crippen molar-refractivity contribution in [1.29, 1.82) is 0 Å². The van der Waals surface area contributed by atoms with Crippen LogP contribution in [0.3, 0.4) is 0 Å². The van der Waals surface area contributed by atoms with Crippen LogP contribution in [0.1, 0.15) is 54.6 Å². The van der Waals surface area contributed by atoms with Crippen molar-refractivity contribution < 1.29 is 33.8 Å². The van der Waals surface area contributed by atoms with Gasteiger partial charge in [0, 0.05) is 52.5 Å². The Morgan fingerprint density at radius 1 is 1.11 bits per heavy atom. The van der Waals surface area contributed by atoms with Crippen LogP contribution in [0.2, 0.25) is 0 Å². The molecule has 11 nitrogen and oxygen atoms in total. The van der Waals surface area contributed by atoms with Gasteiger partial charge in [0.2, 0.25) is 11.8 Å². The van der Waals surface area contributed by atoms with E-state index in [9.17, 15) is 29.1 Å². The molecule has 1 fully saturated rings. The molecule has 4 amide bonds. The lowest BCUT2D eigenvalue weighted by molar-refractivity contribution is -0.144. The molecule has 44 heavy (non-hydrogen) atoms. The fourth-order valence-corrected chi connectivity index (χ4v) is 7.17. The molecule has 1 saturated heterocycles. The van der Waals surface area contributed by atoms with Crippen LogP contribution in [0.4, 0.5) is 10.5 Å². The third kappa shape index (κ3) is 8.79. The van der Waals surface area contributed by atoms with Gasteiger partial charge in [-0.1, -0.05) is 71.5 Å². The van der Waals surface area contributed by atoms with E-state index in [0.29, 0.717) is 35.4 Å². The van der Waals surface area contributed by atoms with E-state index in [4.69, 9.17) is 4.74 Å². The number of rotatable bonds is 13. The number of ether oxygens (including phenoxy) is 1. The summed E-state index contributed by atoms with van der Waals surface area (Å²) in [6.07, 6.45) is 0.582. The van der Waals surface area contributed by atoms with Gasteiger partial charge in [0.15, 0.2) is 0 Å². The topological polar surface area (TPSA) is 145 Å². The van der Waals surface area contributed by atoms with E-state index in [1.54, 1.807) is 18.2 Å². The first-order chi connectivity index (χ1) is 21.0. The highest BCUT2D eigenvalue weighted by molar-refractivity contribution is 8.77. The summed E-state index contributed by atoms with van der Waals surface area (Å²) < 4.78 is 5.43. The predicted octanol–water partition coefficient (Wildman–Crippen LogP) is 4.65. The number of allylic oxidation sites excluding steroid dienone is 1. The van der Waals surface area contributed by atoms with Crippen molar-refractivity contribution in [2.45, 2.75) is 62.7 Å². The van der Waals surface area contributed by atoms with Crippen LogP contribution >= 0.6 is 21.6 Å². The number of hydrogen-bond donors (Lipinski definition) is 3. The van der Waals surface area contributed by atoms with Crippen LogP contribution in [0, 0.1) is 0 Å². The molecule has 234 valence electrons. The first-order valence-electron chi connectivity index (χ1n) is 14.2. The second-order valence-corrected chi connectivity index (χ2v) is 13.9. The van der Waals surface area contributed by atoms with Gasteiger partial charge in [0.1, 0.15) is 19.2 Å². The zero-order valence-electron chi connectivity index (χ0n) is 24.6. The van der Waals surface area contributed by atoms with Crippen molar-refractivity contribution in [3.8, 4) is 0 Å². The molecule has 0 saturated carbocycles. The van der Waals surface area contributed by atoms with E-state index in [-0.39, 0.29) is 60.9 Å². The zero-order valence-corrected chi connectivity index (χ0v) is 26.2. The number of nitrogens with zero attached hydrogens (tertiary/aromatic N) is 2. The zero-order chi connectivity index (χ0) is 31.8. The summed E-state index contributed by atoms with van der Waals surface area (Å²) >= 11 is 0. The highest BCUT2D eigenvalue weighted by atomic mass is 33.1. The Balaban J connectivity index is 1.23. The number of anilines is 1. The van der Waals surface area contributed by atoms with Gasteiger partial charge >= 0.3 is 12.1 Å². The number of nitrogens with one attached hydrogen (secondary N) is 2. The fourth-order valence-electron chi connectivity index (χ4n) is 4.95. The summed E-state index contributed by atoms with van der Waals surface area (Å²) in [5, 5.41) is 14.5. The molecule has 4 rings (SSSR count). The Morgan fingerprint density at radius 2 is 1.84 bits per heavy atom. The van der Waals surface area contributed by atoms with Gasteiger partial charge in [0.05, 0.1) is 0 Å². The maximum absolute atomic E-state index is 13.1. The Morgan fingerprint density at radius 3 is 2.55 bits per heavy atom. The number of benzene rings is 2. The number of aliphatic carboxylic acids is 1. The van der Waals surface area contributed by atoms with E-state index in [2.05, 4.69) is 17.2 Å². The van der Waals surface area contributed by atoms with Gasteiger partial charge in [-0.25, -0.2) is 4.79 Å². The standard InChI is InChI=1S/C31H36N4O7S2/c1-19-12-13-26(29(39)32-19)35-16-24-23(30(35)40)10-7-11-25(24)33-31(41)42-18-21(3)44-43-20(2)14-27(36)34(17-28(37)38)15-22-8-5-4-6-9-22/h4-11,20-21,26H,1,12-18H2,2-3H3,(H,32,39)(H,33,41)(H,37,38). The lowest BCUT2D eigenvalue weighted by Crippen LogP contribution is -2.49. The maximum atomic E-state index is 13.1. The van der Waals surface area contributed by atoms with E-state index in [1.807, 2.05) is 44.2 Å². The Hall–Kier alpha value is -3.97. The minimum atomic E-state index is -1.07. The Labute approximate surface area is 264 Å². The Bertz CT molecular complexity index is 1420. The quantitative estimate of drug-likeness (QED) is 0.267. The molecule has 2 heterocycles. The largest absolute Gasteiger partial charge is 0.480 e. The number of carboxylic acid groups (broad SMARTS) is 1. The summed E-state index contributed by atoms with van der Waals surface area (Å²) in [4.78, 5) is 65.3. The van der Waals surface area contributed by atoms with Crippen LogP contribution in [0.25, 0.3) is 0 Å². The highest BCUT2D eigenvalue weighted by Crippen LogP contribution is 2.34. The van der Waals surface area contributed by atoms with Crippen molar-refractivity contribution in [3.63, 3.8) is 0 Å². The SMILES string of the molecule is C=C1CCC(N2Cc3c(NC(=O)OCC(C)SSC(C)CC(=O)N(CC(=O)O)Cc4ccccc4)cccc3C2=O)C(=O)N1. The molecule has 2 aliphatic rings. The number of piperidine rings is 1. The second-order valence-electron chi connectivity index (χ2n) is 10.8. The number of carbonyl (C=O) groups is 5. The van der Waals surface area contributed by atoms with Crippen LogP contribution in [0.15, 0.2) is 60.8 Å². The van der Waals surface area contributed by atoms with E-state index >= 15 is 0 Å². The Kier molecular flexibility index (Phi) is 11.3. The average molecular weight is 641 g/mol. The second kappa shape index (κ2) is 15.2. The number of carbonyl (C=O) groups excluding carboxylic acids is 4. The van der Waals surface area contributed by atoms with Crippen LogP contribution in [-0.2, 0) is 32.2 Å². The molecule has 3 atom stereocenters. The minimum Gasteiger partial charge on any atom is -0.480 e. The van der Waals surface area contributed by atoms with Crippen molar-refractivity contribution in [1.82, 2.24) is 15.1 Å². The fraction of sp³-hybridized carbons (Fsp3) is 0.387. The van der Waals surface area contributed by atoms with Crippen molar-refractivity contribution in [3.05, 3.63) is 77.5 Å². The van der Waals surface area contributed by atoms with E-state index < -0.39 is 18.1 Å². The molecule has 0 aliphatic carbocycles. The molecular formula is C31H36N4O7S2. The third-order valence-electron chi connectivity index (χ3n) is 7.12. The molecule has 3 unspecified atom stereocenters. The van der Waals surface area contributed by atoms with Crippen LogP contribution < -0.4 is 10.6 Å². The van der Waals surface area contributed by atoms with Crippen LogP contribution in [0.5, 0.6) is 0 Å². The molecule has 0 aromatic heterocycles. The van der Waals surface area contributed by atoms with E-state index in [0.717, 1.165) is 5.56 Å². The summed E-state index contributed by atoms with van der Waals surface area (Å²) in [6, 6.07) is 13.7. The first-order valence-corrected chi connectivity index (χ1v) is 16.5. The van der Waals surface area contributed by atoms with Gasteiger partial charge < -0.3 is 25.0 Å². The number of fused-ring (bicyclic) bond motifs is 1. The maximum Gasteiger partial charge on any atom is 0.411 e. The van der Waals surface area contributed by atoms with Crippen molar-refractivity contribution >= 4 is 57.1 Å². The lowest BCUT2D eigenvalue weighted by atomic mass is 10.0. The molecule has 2 aliphatic heterocycles. The summed E-state index contributed by atoms with van der Waals surface area (Å²) in [5.41, 5.74) is 3.01. The third-order valence-corrected chi connectivity index (χ3v) is 10.5. The van der Waals surface area contributed by atoms with Crippen LogP contribution in [-0.4, -0.2) is 74.4 Å². The monoisotopic (exact) mass is 640 g/mol. The lowest BCUT2D eigenvalue weighted by Gasteiger charge is -2.31. The van der Waals surface area contributed by atoms with E-state index in [1.165, 1.54) is 31.4 Å².